The molecule has 1 aromatic carbocycles. The Morgan fingerprint density at radius 1 is 1.26 bits per heavy atom. The van der Waals surface area contributed by atoms with Gasteiger partial charge >= 0.3 is 0 Å². The molecular weight excluding hydrogens is 286 g/mol. The van der Waals surface area contributed by atoms with Gasteiger partial charge in [0.25, 0.3) is 0 Å². The average molecular weight is 313 g/mol. The van der Waals surface area contributed by atoms with Gasteiger partial charge in [0.2, 0.25) is 0 Å². The van der Waals surface area contributed by atoms with Crippen molar-refractivity contribution in [2.75, 3.05) is 19.6 Å². The smallest absolute Gasteiger partial charge is 0.133 e. The van der Waals surface area contributed by atoms with E-state index >= 15 is 0 Å². The molecule has 0 aromatic heterocycles. The summed E-state index contributed by atoms with van der Waals surface area (Å²) in [4.78, 5) is 14.7. The highest BCUT2D eigenvalue weighted by atomic mass is 16.3. The molecule has 4 rings (SSSR count). The van der Waals surface area contributed by atoms with Crippen molar-refractivity contribution in [2.24, 2.45) is 11.8 Å². The van der Waals surface area contributed by atoms with Crippen molar-refractivity contribution in [3.63, 3.8) is 0 Å². The van der Waals surface area contributed by atoms with Crippen LogP contribution in [0.4, 0.5) is 0 Å². The van der Waals surface area contributed by atoms with E-state index in [1.807, 2.05) is 12.1 Å². The molecule has 2 aliphatic carbocycles. The highest BCUT2D eigenvalue weighted by Crippen LogP contribution is 2.49. The maximum absolute atomic E-state index is 12.1. The van der Waals surface area contributed by atoms with Crippen molar-refractivity contribution in [1.29, 1.82) is 0 Å². The third-order valence-electron chi connectivity index (χ3n) is 6.62. The molecule has 0 amide bonds. The summed E-state index contributed by atoms with van der Waals surface area (Å²) in [6.07, 6.45) is 7.67. The van der Waals surface area contributed by atoms with E-state index in [2.05, 4.69) is 11.0 Å². The van der Waals surface area contributed by atoms with Gasteiger partial charge in [0.15, 0.2) is 0 Å². The molecular formula is C20H27NO2. The molecule has 2 saturated carbocycles. The second-order valence-electron chi connectivity index (χ2n) is 7.95. The van der Waals surface area contributed by atoms with Crippen LogP contribution in [-0.2, 0) is 10.2 Å². The fourth-order valence-corrected chi connectivity index (χ4v) is 5.01. The number of fused-ring (bicyclic) bond motifs is 1. The van der Waals surface area contributed by atoms with Gasteiger partial charge in [-0.2, -0.15) is 0 Å². The quantitative estimate of drug-likeness (QED) is 0.928. The minimum Gasteiger partial charge on any atom is -0.508 e. The van der Waals surface area contributed by atoms with E-state index in [9.17, 15) is 9.90 Å². The normalized spacial score (nSPS) is 32.3. The largest absolute Gasteiger partial charge is 0.508 e. The van der Waals surface area contributed by atoms with Gasteiger partial charge in [0.1, 0.15) is 11.5 Å². The van der Waals surface area contributed by atoms with Crippen LogP contribution in [0.2, 0.25) is 0 Å². The third-order valence-corrected chi connectivity index (χ3v) is 6.62. The summed E-state index contributed by atoms with van der Waals surface area (Å²) in [5.74, 6) is 2.09. The van der Waals surface area contributed by atoms with Crippen molar-refractivity contribution in [3.05, 3.63) is 29.8 Å². The van der Waals surface area contributed by atoms with Crippen LogP contribution in [0.5, 0.6) is 5.75 Å². The van der Waals surface area contributed by atoms with Gasteiger partial charge in [-0.15, -0.1) is 0 Å². The molecule has 1 N–H and O–H groups in total. The summed E-state index contributed by atoms with van der Waals surface area (Å²) in [7, 11) is 0. The van der Waals surface area contributed by atoms with Crippen molar-refractivity contribution in [3.8, 4) is 5.75 Å². The monoisotopic (exact) mass is 313 g/mol. The second kappa shape index (κ2) is 5.94. The van der Waals surface area contributed by atoms with Crippen LogP contribution in [0, 0.1) is 11.8 Å². The van der Waals surface area contributed by atoms with E-state index in [1.165, 1.54) is 31.4 Å². The average Bonchev–Trinajstić information content (AvgIpc) is 2.51. The Hall–Kier alpha value is -1.35. The highest BCUT2D eigenvalue weighted by molar-refractivity contribution is 5.80. The number of phenolic OH excluding ortho intramolecular Hbond substituents is 1. The first-order valence-electron chi connectivity index (χ1n) is 9.19. The lowest BCUT2D eigenvalue weighted by molar-refractivity contribution is -0.125. The number of nitrogens with zero attached hydrogens (tertiary/aromatic N) is 1. The number of carbonyl (C=O) groups is 1. The van der Waals surface area contributed by atoms with Crippen molar-refractivity contribution in [1.82, 2.24) is 4.90 Å². The van der Waals surface area contributed by atoms with Gasteiger partial charge < -0.3 is 10.0 Å². The van der Waals surface area contributed by atoms with E-state index < -0.39 is 0 Å². The number of phenols is 1. The van der Waals surface area contributed by atoms with Crippen LogP contribution in [0.3, 0.4) is 0 Å². The molecule has 0 bridgehead atoms. The number of benzene rings is 1. The van der Waals surface area contributed by atoms with E-state index in [4.69, 9.17) is 0 Å². The molecule has 1 heterocycles. The van der Waals surface area contributed by atoms with E-state index in [-0.39, 0.29) is 5.41 Å². The van der Waals surface area contributed by atoms with Crippen molar-refractivity contribution >= 4 is 5.78 Å². The van der Waals surface area contributed by atoms with Gasteiger partial charge in [-0.3, -0.25) is 4.79 Å². The highest BCUT2D eigenvalue weighted by Gasteiger charge is 2.47. The molecule has 1 unspecified atom stereocenters. The predicted octanol–water partition coefficient (Wildman–Crippen LogP) is 3.51. The molecule has 3 nitrogen and oxygen atoms in total. The molecule has 3 heteroatoms. The SMILES string of the molecule is O=C1CCC2(c3cccc(O)c3)CCN(CC3CCC3)C[C@@H]2C1. The van der Waals surface area contributed by atoms with Gasteiger partial charge in [0, 0.05) is 31.3 Å². The van der Waals surface area contributed by atoms with Crippen LogP contribution in [0.25, 0.3) is 0 Å². The number of hydrogen-bond acceptors (Lipinski definition) is 3. The number of carbonyl (C=O) groups excluding carboxylic acids is 1. The number of hydrogen-bond donors (Lipinski definition) is 1. The van der Waals surface area contributed by atoms with E-state index in [1.54, 1.807) is 6.07 Å². The lowest BCUT2D eigenvalue weighted by Crippen LogP contribution is -2.53. The number of piperidine rings is 1. The van der Waals surface area contributed by atoms with Crippen LogP contribution in [0.1, 0.15) is 50.5 Å². The summed E-state index contributed by atoms with van der Waals surface area (Å²) in [5.41, 5.74) is 1.35. The van der Waals surface area contributed by atoms with E-state index in [0.29, 0.717) is 23.9 Å². The molecule has 1 aliphatic heterocycles. The van der Waals surface area contributed by atoms with Crippen molar-refractivity contribution in [2.45, 2.75) is 50.4 Å². The van der Waals surface area contributed by atoms with Crippen LogP contribution < -0.4 is 0 Å². The molecule has 0 spiro atoms. The topological polar surface area (TPSA) is 40.5 Å². The summed E-state index contributed by atoms with van der Waals surface area (Å²) < 4.78 is 0. The van der Waals surface area contributed by atoms with Crippen LogP contribution in [-0.4, -0.2) is 35.4 Å². The summed E-state index contributed by atoms with van der Waals surface area (Å²) >= 11 is 0. The molecule has 1 aromatic rings. The zero-order valence-electron chi connectivity index (χ0n) is 13.8. The Bertz CT molecular complexity index is 595. The summed E-state index contributed by atoms with van der Waals surface area (Å²) in [6, 6.07) is 7.79. The standard InChI is InChI=1S/C20H27NO2/c22-18-6-2-5-16(11-18)20-8-7-19(23)12-17(20)14-21(10-9-20)13-15-3-1-4-15/h2,5-6,11,15,17,22H,1,3-4,7-10,12-14H2/t17-,20?/m0/s1. The molecule has 2 atom stereocenters. The predicted molar refractivity (Wildman–Crippen MR) is 90.5 cm³/mol. The first-order valence-corrected chi connectivity index (χ1v) is 9.19. The summed E-state index contributed by atoms with van der Waals surface area (Å²) in [6.45, 7) is 3.41. The minimum absolute atomic E-state index is 0.1000. The maximum Gasteiger partial charge on any atom is 0.133 e. The Morgan fingerprint density at radius 3 is 2.87 bits per heavy atom. The maximum atomic E-state index is 12.1. The fourth-order valence-electron chi connectivity index (χ4n) is 5.01. The molecule has 3 fully saturated rings. The van der Waals surface area contributed by atoms with Gasteiger partial charge in [-0.1, -0.05) is 18.6 Å². The molecule has 124 valence electrons. The fraction of sp³-hybridized carbons (Fsp3) is 0.650. The molecule has 23 heavy (non-hydrogen) atoms. The number of Topliss-reactive ketones (excluding diaryl/α,β-unsaturated/α-hetero) is 1. The molecule has 0 radical (unpaired) electrons. The molecule has 1 saturated heterocycles. The lowest BCUT2D eigenvalue weighted by Gasteiger charge is -2.51. The van der Waals surface area contributed by atoms with Gasteiger partial charge in [0.05, 0.1) is 0 Å². The Kier molecular flexibility index (Phi) is 3.92. The first kappa shape index (κ1) is 15.2. The minimum atomic E-state index is 0.1000. The third kappa shape index (κ3) is 2.80. The zero-order valence-corrected chi connectivity index (χ0v) is 13.8. The molecule has 3 aliphatic rings. The number of likely N-dealkylation sites (tertiary alicyclic amines) is 1. The Labute approximate surface area is 138 Å². The van der Waals surface area contributed by atoms with Crippen LogP contribution in [0.15, 0.2) is 24.3 Å². The van der Waals surface area contributed by atoms with E-state index in [0.717, 1.165) is 38.3 Å². The first-order chi connectivity index (χ1) is 11.2. The second-order valence-corrected chi connectivity index (χ2v) is 7.95. The van der Waals surface area contributed by atoms with Gasteiger partial charge in [-0.25, -0.2) is 0 Å². The van der Waals surface area contributed by atoms with Crippen LogP contribution >= 0.6 is 0 Å². The van der Waals surface area contributed by atoms with Crippen molar-refractivity contribution < 1.29 is 9.90 Å². The number of ketones is 1. The Balaban J connectivity index is 1.58. The lowest BCUT2D eigenvalue weighted by atomic mass is 9.59. The number of rotatable bonds is 3. The summed E-state index contributed by atoms with van der Waals surface area (Å²) in [5, 5.41) is 9.92. The van der Waals surface area contributed by atoms with Gasteiger partial charge in [-0.05, 0) is 61.8 Å². The zero-order chi connectivity index (χ0) is 15.9. The number of aromatic hydroxyl groups is 1. The Morgan fingerprint density at radius 2 is 2.13 bits per heavy atom.